The van der Waals surface area contributed by atoms with E-state index in [1.54, 1.807) is 0 Å². The van der Waals surface area contributed by atoms with E-state index < -0.39 is 0 Å². The molecule has 0 heterocycles. The van der Waals surface area contributed by atoms with Crippen molar-refractivity contribution >= 4 is 27.0 Å². The van der Waals surface area contributed by atoms with Crippen LogP contribution in [-0.4, -0.2) is 10.2 Å². The SMILES string of the molecule is [Si]c1ccc(-c2cc(Cc3ccccc3)cc(Cc3ccccc3)c2)c(-c2cc(Cc3ccccc3)cc(Cc3ccccc3)c2)c1Cl. The normalized spacial score (nSPS) is 11.0. The van der Waals surface area contributed by atoms with Gasteiger partial charge in [-0.05, 0) is 92.1 Å². The Balaban J connectivity index is 1.37. The molecule has 7 aromatic carbocycles. The minimum absolute atomic E-state index is 0.727. The molecule has 0 unspecified atom stereocenters. The first-order valence-corrected chi connectivity index (χ1v) is 17.4. The van der Waals surface area contributed by atoms with Gasteiger partial charge in [0, 0.05) is 10.6 Å². The van der Waals surface area contributed by atoms with Crippen molar-refractivity contribution in [1.82, 2.24) is 0 Å². The third-order valence-corrected chi connectivity index (χ3v) is 9.82. The number of halogens is 1. The highest BCUT2D eigenvalue weighted by Crippen LogP contribution is 2.39. The van der Waals surface area contributed by atoms with Crippen LogP contribution >= 0.6 is 11.6 Å². The van der Waals surface area contributed by atoms with E-state index in [1.807, 2.05) is 0 Å². The Morgan fingerprint density at radius 1 is 0.354 bits per heavy atom. The summed E-state index contributed by atoms with van der Waals surface area (Å²) < 4.78 is 0. The molecule has 48 heavy (non-hydrogen) atoms. The Morgan fingerprint density at radius 3 is 1.04 bits per heavy atom. The first kappa shape index (κ1) is 31.6. The Labute approximate surface area is 293 Å². The summed E-state index contributed by atoms with van der Waals surface area (Å²) in [6.07, 6.45) is 3.43. The molecule has 0 atom stereocenters. The first-order valence-electron chi connectivity index (χ1n) is 16.5. The lowest BCUT2D eigenvalue weighted by Crippen LogP contribution is -2.07. The molecule has 2 heteroatoms. The fraction of sp³-hybridized carbons (Fsp3) is 0.0870. The highest BCUT2D eigenvalue weighted by Gasteiger charge is 2.17. The van der Waals surface area contributed by atoms with E-state index in [0.717, 1.165) is 52.6 Å². The van der Waals surface area contributed by atoms with Crippen LogP contribution in [0.5, 0.6) is 0 Å². The van der Waals surface area contributed by atoms with Gasteiger partial charge in [-0.1, -0.05) is 181 Å². The van der Waals surface area contributed by atoms with Gasteiger partial charge in [-0.2, -0.15) is 0 Å². The van der Waals surface area contributed by atoms with E-state index in [0.29, 0.717) is 0 Å². The summed E-state index contributed by atoms with van der Waals surface area (Å²) in [7, 11) is 3.84. The van der Waals surface area contributed by atoms with E-state index in [9.17, 15) is 0 Å². The summed E-state index contributed by atoms with van der Waals surface area (Å²) in [4.78, 5) is 0. The lowest BCUT2D eigenvalue weighted by molar-refractivity contribution is 1.14. The molecule has 0 amide bonds. The van der Waals surface area contributed by atoms with Crippen LogP contribution in [0.2, 0.25) is 5.02 Å². The number of benzene rings is 7. The van der Waals surface area contributed by atoms with Crippen LogP contribution in [-0.2, 0) is 25.7 Å². The van der Waals surface area contributed by atoms with Crippen LogP contribution in [0.3, 0.4) is 0 Å². The van der Waals surface area contributed by atoms with Crippen molar-refractivity contribution in [1.29, 1.82) is 0 Å². The summed E-state index contributed by atoms with van der Waals surface area (Å²) in [5.41, 5.74) is 14.8. The van der Waals surface area contributed by atoms with Crippen LogP contribution in [0, 0.1) is 0 Å². The topological polar surface area (TPSA) is 0 Å². The standard InChI is InChI=1S/C46H36ClSi/c47-46-44(48)22-21-43(41-29-37(23-33-13-5-1-6-14-33)27-38(30-41)24-34-15-7-2-8-16-34)45(46)42-31-39(25-35-17-9-3-10-18-35)28-40(32-42)26-36-19-11-4-12-20-36/h1-22,27-32H,23-26H2. The molecule has 7 aromatic rings. The van der Waals surface area contributed by atoms with Crippen LogP contribution in [0.4, 0.5) is 0 Å². The van der Waals surface area contributed by atoms with Crippen LogP contribution in [0.15, 0.2) is 170 Å². The van der Waals surface area contributed by atoms with Gasteiger partial charge in [-0.15, -0.1) is 0 Å². The van der Waals surface area contributed by atoms with Crippen molar-refractivity contribution in [2.45, 2.75) is 25.7 Å². The van der Waals surface area contributed by atoms with Gasteiger partial charge < -0.3 is 0 Å². The molecule has 0 aliphatic heterocycles. The van der Waals surface area contributed by atoms with Crippen molar-refractivity contribution < 1.29 is 0 Å². The fourth-order valence-electron chi connectivity index (χ4n) is 6.66. The highest BCUT2D eigenvalue weighted by molar-refractivity contribution is 6.47. The molecule has 0 saturated heterocycles. The van der Waals surface area contributed by atoms with Crippen LogP contribution < -0.4 is 5.19 Å². The van der Waals surface area contributed by atoms with Crippen LogP contribution in [0.1, 0.15) is 44.5 Å². The molecule has 0 saturated carbocycles. The Kier molecular flexibility index (Phi) is 9.79. The Morgan fingerprint density at radius 2 is 0.688 bits per heavy atom. The molecule has 0 nitrogen and oxygen atoms in total. The molecule has 0 aliphatic carbocycles. The predicted octanol–water partition coefficient (Wildman–Crippen LogP) is 10.8. The Bertz CT molecular complexity index is 2000. The maximum Gasteiger partial charge on any atom is 0.0733 e. The average Bonchev–Trinajstić information content (AvgIpc) is 3.11. The summed E-state index contributed by atoms with van der Waals surface area (Å²) in [6, 6.07) is 61.2. The maximum atomic E-state index is 7.30. The van der Waals surface area contributed by atoms with E-state index in [4.69, 9.17) is 11.6 Å². The van der Waals surface area contributed by atoms with Gasteiger partial charge >= 0.3 is 0 Å². The number of rotatable bonds is 10. The van der Waals surface area contributed by atoms with Gasteiger partial charge in [-0.25, -0.2) is 0 Å². The molecule has 0 spiro atoms. The maximum absolute atomic E-state index is 7.30. The monoisotopic (exact) mass is 651 g/mol. The molecule has 0 aliphatic rings. The average molecular weight is 652 g/mol. The van der Waals surface area contributed by atoms with E-state index in [2.05, 4.69) is 180 Å². The molecule has 231 valence electrons. The van der Waals surface area contributed by atoms with Crippen molar-refractivity contribution in [3.05, 3.63) is 219 Å². The molecule has 0 bridgehead atoms. The minimum atomic E-state index is 0.727. The lowest BCUT2D eigenvalue weighted by atomic mass is 9.88. The quantitative estimate of drug-likeness (QED) is 0.129. The van der Waals surface area contributed by atoms with Gasteiger partial charge in [0.15, 0.2) is 0 Å². The minimum Gasteiger partial charge on any atom is -0.0838 e. The third kappa shape index (κ3) is 7.77. The van der Waals surface area contributed by atoms with E-state index >= 15 is 0 Å². The molecule has 0 aromatic heterocycles. The van der Waals surface area contributed by atoms with Gasteiger partial charge in [0.25, 0.3) is 0 Å². The Hall–Kier alpha value is -4.95. The predicted molar refractivity (Wildman–Crippen MR) is 205 cm³/mol. The molecule has 3 radical (unpaired) electrons. The lowest BCUT2D eigenvalue weighted by Gasteiger charge is -2.19. The smallest absolute Gasteiger partial charge is 0.0733 e. The number of hydrogen-bond donors (Lipinski definition) is 0. The van der Waals surface area contributed by atoms with E-state index in [1.165, 1.54) is 50.1 Å². The second-order valence-electron chi connectivity index (χ2n) is 12.6. The first-order chi connectivity index (χ1) is 23.6. The summed E-state index contributed by atoms with van der Waals surface area (Å²) >= 11 is 7.30. The second kappa shape index (κ2) is 14.9. The zero-order valence-corrected chi connectivity index (χ0v) is 28.6. The summed E-state index contributed by atoms with van der Waals surface area (Å²) in [5.74, 6) is 0. The van der Waals surface area contributed by atoms with Crippen molar-refractivity contribution in [2.24, 2.45) is 0 Å². The summed E-state index contributed by atoms with van der Waals surface area (Å²) in [5, 5.41) is 1.61. The van der Waals surface area contributed by atoms with Crippen molar-refractivity contribution in [3.63, 3.8) is 0 Å². The zero-order valence-electron chi connectivity index (χ0n) is 26.9. The largest absolute Gasteiger partial charge is 0.0838 e. The molecular formula is C46H36ClSi. The molecule has 0 N–H and O–H groups in total. The molecular weight excluding hydrogens is 616 g/mol. The fourth-order valence-corrected chi connectivity index (χ4v) is 7.14. The number of hydrogen-bond acceptors (Lipinski definition) is 0. The zero-order chi connectivity index (χ0) is 32.7. The molecule has 0 fully saturated rings. The van der Waals surface area contributed by atoms with Crippen molar-refractivity contribution in [2.75, 3.05) is 0 Å². The van der Waals surface area contributed by atoms with E-state index in [-0.39, 0.29) is 0 Å². The van der Waals surface area contributed by atoms with Crippen molar-refractivity contribution in [3.8, 4) is 22.3 Å². The van der Waals surface area contributed by atoms with Gasteiger partial charge in [0.1, 0.15) is 0 Å². The molecule has 7 rings (SSSR count). The summed E-state index contributed by atoms with van der Waals surface area (Å²) in [6.45, 7) is 0. The van der Waals surface area contributed by atoms with Gasteiger partial charge in [0.2, 0.25) is 0 Å². The van der Waals surface area contributed by atoms with Crippen LogP contribution in [0.25, 0.3) is 22.3 Å². The van der Waals surface area contributed by atoms with Gasteiger partial charge in [-0.3, -0.25) is 0 Å². The highest BCUT2D eigenvalue weighted by atomic mass is 35.5. The van der Waals surface area contributed by atoms with Gasteiger partial charge in [0.05, 0.1) is 10.2 Å². The second-order valence-corrected chi connectivity index (χ2v) is 13.5. The third-order valence-electron chi connectivity index (χ3n) is 8.85.